The number of carbonyl (C=O) groups excluding carboxylic acids is 1. The molecule has 1 heterocycles. The highest BCUT2D eigenvalue weighted by atomic mass is 16.1. The van der Waals surface area contributed by atoms with Crippen molar-refractivity contribution in [2.45, 2.75) is 24.8 Å². The summed E-state index contributed by atoms with van der Waals surface area (Å²) in [4.78, 5) is 12.4. The average Bonchev–Trinajstić information content (AvgIpc) is 2.38. The van der Waals surface area contributed by atoms with Gasteiger partial charge in [-0.15, -0.1) is 0 Å². The van der Waals surface area contributed by atoms with E-state index in [1.165, 1.54) is 0 Å². The molecule has 0 radical (unpaired) electrons. The topological polar surface area (TPSA) is 20.1 Å². The molecule has 0 saturated carbocycles. The minimum atomic E-state index is 0.182. The smallest absolute Gasteiger partial charge is 0.138 e. The average molecular weight is 125 g/mol. The number of rotatable bonds is 2. The van der Waals surface area contributed by atoms with Gasteiger partial charge in [-0.2, -0.15) is 0 Å². The Hall–Kier alpha value is -0.305. The summed E-state index contributed by atoms with van der Waals surface area (Å²) in [6.45, 7) is 2.11. The predicted molar refractivity (Wildman–Crippen MR) is 39.2 cm³/mol. The summed E-state index contributed by atoms with van der Waals surface area (Å²) >= 11 is 0. The molecule has 0 aromatic heterocycles. The molecule has 0 bridgehead atoms. The lowest BCUT2D eigenvalue weighted by atomic mass is 9.81. The van der Waals surface area contributed by atoms with E-state index in [4.69, 9.17) is 0 Å². The van der Waals surface area contributed by atoms with Crippen molar-refractivity contribution in [2.24, 2.45) is 0 Å². The number of likely N-dealkylation sites (N-methyl/N-ethyl adjacent to an activating group) is 1. The van der Waals surface area contributed by atoms with E-state index in [-0.39, 0.29) is 11.5 Å². The monoisotopic (exact) mass is 125 g/mol. The predicted octanol–water partition coefficient (Wildman–Crippen LogP) is -0.761. The van der Waals surface area contributed by atoms with Gasteiger partial charge in [-0.3, -0.25) is 4.90 Å². The molecule has 1 fully saturated rings. The van der Waals surface area contributed by atoms with Crippen LogP contribution >= 0.6 is 0 Å². The first-order valence-corrected chi connectivity index (χ1v) is 3.35. The highest BCUT2D eigenvalue weighted by Crippen LogP contribution is 2.36. The molecule has 0 aromatic carbocycles. The van der Waals surface area contributed by atoms with Crippen LogP contribution in [-0.4, -0.2) is 37.6 Å². The molecule has 1 aliphatic heterocycles. The maximum absolute atomic E-state index is 10.3. The molecule has 1 saturated heterocycles. The van der Waals surface area contributed by atoms with Crippen LogP contribution in [0.4, 0.5) is 0 Å². The highest BCUT2D eigenvalue weighted by molar-refractivity contribution is 6.20. The summed E-state index contributed by atoms with van der Waals surface area (Å²) in [5.74, 6) is 0. The van der Waals surface area contributed by atoms with Crippen LogP contribution < -0.4 is 0 Å². The van der Waals surface area contributed by atoms with Crippen LogP contribution in [-0.2, 0) is 4.79 Å². The van der Waals surface area contributed by atoms with Gasteiger partial charge < -0.3 is 4.79 Å². The molecule has 3 unspecified atom stereocenters. The summed E-state index contributed by atoms with van der Waals surface area (Å²) in [5.41, 5.74) is 0.182. The SMILES string of the molecule is BC1(CC)C(C=O)N1C. The number of hydrogen-bond donors (Lipinski definition) is 0. The molecule has 3 heteroatoms. The molecular weight excluding hydrogens is 113 g/mol. The third-order valence-electron chi connectivity index (χ3n) is 2.64. The fraction of sp³-hybridized carbons (Fsp3) is 0.833. The van der Waals surface area contributed by atoms with Gasteiger partial charge in [-0.25, -0.2) is 0 Å². The summed E-state index contributed by atoms with van der Waals surface area (Å²) < 4.78 is 0. The van der Waals surface area contributed by atoms with E-state index in [1.807, 2.05) is 7.05 Å². The summed E-state index contributed by atoms with van der Waals surface area (Å²) in [6, 6.07) is 0.183. The molecular formula is C6H12BNO. The quantitative estimate of drug-likeness (QED) is 0.274. The minimum absolute atomic E-state index is 0.182. The number of aldehydes is 1. The Balaban J connectivity index is 2.57. The second kappa shape index (κ2) is 1.84. The van der Waals surface area contributed by atoms with Crippen molar-refractivity contribution in [2.75, 3.05) is 7.05 Å². The lowest BCUT2D eigenvalue weighted by molar-refractivity contribution is -0.108. The van der Waals surface area contributed by atoms with Crippen LogP contribution in [0.1, 0.15) is 13.3 Å². The van der Waals surface area contributed by atoms with Gasteiger partial charge in [0.1, 0.15) is 14.1 Å². The van der Waals surface area contributed by atoms with E-state index in [2.05, 4.69) is 19.7 Å². The maximum atomic E-state index is 10.3. The van der Waals surface area contributed by atoms with Gasteiger partial charge in [-0.1, -0.05) is 6.92 Å². The van der Waals surface area contributed by atoms with Crippen LogP contribution in [0.15, 0.2) is 0 Å². The largest absolute Gasteiger partial charge is 0.302 e. The van der Waals surface area contributed by atoms with Crippen molar-refractivity contribution >= 4 is 14.1 Å². The summed E-state index contributed by atoms with van der Waals surface area (Å²) in [7, 11) is 4.11. The second-order valence-electron chi connectivity index (χ2n) is 2.90. The third kappa shape index (κ3) is 0.714. The summed E-state index contributed by atoms with van der Waals surface area (Å²) in [6.07, 6.45) is 2.09. The van der Waals surface area contributed by atoms with Crippen molar-refractivity contribution in [3.63, 3.8) is 0 Å². The molecule has 3 atom stereocenters. The van der Waals surface area contributed by atoms with E-state index in [9.17, 15) is 4.79 Å². The van der Waals surface area contributed by atoms with Gasteiger partial charge in [0.25, 0.3) is 0 Å². The van der Waals surface area contributed by atoms with Crippen molar-refractivity contribution in [3.8, 4) is 0 Å². The van der Waals surface area contributed by atoms with Crippen LogP contribution in [0.25, 0.3) is 0 Å². The highest BCUT2D eigenvalue weighted by Gasteiger charge is 2.54. The summed E-state index contributed by atoms with van der Waals surface area (Å²) in [5, 5.41) is 0. The maximum Gasteiger partial charge on any atom is 0.138 e. The van der Waals surface area contributed by atoms with E-state index in [0.717, 1.165) is 12.7 Å². The van der Waals surface area contributed by atoms with E-state index in [1.54, 1.807) is 0 Å². The Bertz CT molecular complexity index is 139. The number of hydrogen-bond acceptors (Lipinski definition) is 2. The van der Waals surface area contributed by atoms with Gasteiger partial charge in [0.15, 0.2) is 0 Å². The normalized spacial score (nSPS) is 48.7. The van der Waals surface area contributed by atoms with Gasteiger partial charge in [0.2, 0.25) is 0 Å². The number of nitrogens with zero attached hydrogens (tertiary/aromatic N) is 1. The van der Waals surface area contributed by atoms with E-state index in [0.29, 0.717) is 0 Å². The molecule has 0 spiro atoms. The van der Waals surface area contributed by atoms with Gasteiger partial charge in [0.05, 0.1) is 6.04 Å². The molecule has 0 aromatic rings. The Morgan fingerprint density at radius 3 is 2.56 bits per heavy atom. The van der Waals surface area contributed by atoms with Crippen LogP contribution in [0, 0.1) is 0 Å². The molecule has 2 nitrogen and oxygen atoms in total. The molecule has 9 heavy (non-hydrogen) atoms. The fourth-order valence-corrected chi connectivity index (χ4v) is 1.33. The van der Waals surface area contributed by atoms with E-state index < -0.39 is 0 Å². The van der Waals surface area contributed by atoms with Gasteiger partial charge in [0, 0.05) is 5.44 Å². The molecule has 1 aliphatic rings. The first kappa shape index (κ1) is 6.81. The third-order valence-corrected chi connectivity index (χ3v) is 2.64. The first-order valence-electron chi connectivity index (χ1n) is 3.35. The molecule has 1 rings (SSSR count). The Kier molecular flexibility index (Phi) is 1.39. The standard InChI is InChI=1S/C6H12BNO/c1-3-6(7)5(4-9)8(6)2/h4-5H,3,7H2,1-2H3. The lowest BCUT2D eigenvalue weighted by Gasteiger charge is -2.01. The zero-order chi connectivity index (χ0) is 7.07. The Morgan fingerprint density at radius 2 is 2.44 bits per heavy atom. The van der Waals surface area contributed by atoms with Crippen molar-refractivity contribution in [1.82, 2.24) is 4.90 Å². The van der Waals surface area contributed by atoms with E-state index >= 15 is 0 Å². The van der Waals surface area contributed by atoms with Crippen molar-refractivity contribution < 1.29 is 4.79 Å². The second-order valence-corrected chi connectivity index (χ2v) is 2.90. The zero-order valence-corrected chi connectivity index (χ0v) is 6.22. The van der Waals surface area contributed by atoms with Crippen LogP contribution in [0.5, 0.6) is 0 Å². The minimum Gasteiger partial charge on any atom is -0.302 e. The molecule has 0 aliphatic carbocycles. The van der Waals surface area contributed by atoms with Crippen molar-refractivity contribution in [3.05, 3.63) is 0 Å². The first-order chi connectivity index (χ1) is 4.16. The number of carbonyl (C=O) groups is 1. The van der Waals surface area contributed by atoms with Crippen molar-refractivity contribution in [1.29, 1.82) is 0 Å². The van der Waals surface area contributed by atoms with Gasteiger partial charge in [-0.05, 0) is 13.5 Å². The Morgan fingerprint density at radius 1 is 1.89 bits per heavy atom. The molecule has 0 amide bonds. The Labute approximate surface area is 56.6 Å². The van der Waals surface area contributed by atoms with Gasteiger partial charge >= 0.3 is 0 Å². The molecule has 0 N–H and O–H groups in total. The van der Waals surface area contributed by atoms with Crippen LogP contribution in [0.2, 0.25) is 0 Å². The molecule has 50 valence electrons. The van der Waals surface area contributed by atoms with Crippen LogP contribution in [0.3, 0.4) is 0 Å². The fourth-order valence-electron chi connectivity index (χ4n) is 1.33. The zero-order valence-electron chi connectivity index (χ0n) is 6.22. The lowest BCUT2D eigenvalue weighted by Crippen LogP contribution is -2.16.